The molecule has 0 bridgehead atoms. The van der Waals surface area contributed by atoms with E-state index in [1.807, 2.05) is 19.2 Å². The molecule has 0 atom stereocenters. The second kappa shape index (κ2) is 6.24. The standard InChI is InChI=1S/C15H18N4OS/c1-12-11-14-15(20)18(8-9-19(14)17-12)7-6-16-5-4-13-3-2-10-21-13/h2-3,8-11,16H,4-7H2,1H3. The van der Waals surface area contributed by atoms with Crippen molar-refractivity contribution in [3.63, 3.8) is 0 Å². The van der Waals surface area contributed by atoms with Crippen molar-refractivity contribution in [1.82, 2.24) is 19.5 Å². The Morgan fingerprint density at radius 3 is 3.05 bits per heavy atom. The summed E-state index contributed by atoms with van der Waals surface area (Å²) in [6, 6.07) is 6.04. The lowest BCUT2D eigenvalue weighted by molar-refractivity contribution is 0.585. The van der Waals surface area contributed by atoms with Crippen LogP contribution in [0.15, 0.2) is 40.8 Å². The molecular formula is C15H18N4OS. The Bertz CT molecular complexity index is 773. The van der Waals surface area contributed by atoms with Crippen molar-refractivity contribution < 1.29 is 0 Å². The van der Waals surface area contributed by atoms with Crippen LogP contribution in [0.1, 0.15) is 10.6 Å². The number of nitrogens with one attached hydrogen (secondary N) is 1. The third-order valence-corrected chi connectivity index (χ3v) is 4.32. The number of rotatable bonds is 6. The van der Waals surface area contributed by atoms with Crippen molar-refractivity contribution in [3.05, 3.63) is 56.9 Å². The number of hydrogen-bond acceptors (Lipinski definition) is 4. The Balaban J connectivity index is 1.55. The van der Waals surface area contributed by atoms with Crippen molar-refractivity contribution in [2.75, 3.05) is 13.1 Å². The van der Waals surface area contributed by atoms with Gasteiger partial charge >= 0.3 is 0 Å². The molecule has 0 unspecified atom stereocenters. The molecule has 1 N–H and O–H groups in total. The van der Waals surface area contributed by atoms with Crippen LogP contribution in [0.2, 0.25) is 0 Å². The second-order valence-electron chi connectivity index (χ2n) is 4.99. The van der Waals surface area contributed by atoms with Crippen molar-refractivity contribution in [3.8, 4) is 0 Å². The van der Waals surface area contributed by atoms with Gasteiger partial charge in [-0.3, -0.25) is 4.79 Å². The predicted octanol–water partition coefficient (Wildman–Crippen LogP) is 1.70. The molecule has 5 nitrogen and oxygen atoms in total. The lowest BCUT2D eigenvalue weighted by Gasteiger charge is -2.07. The first kappa shape index (κ1) is 14.0. The van der Waals surface area contributed by atoms with Gasteiger partial charge in [0.05, 0.1) is 5.69 Å². The molecule has 0 spiro atoms. The smallest absolute Gasteiger partial charge is 0.276 e. The molecule has 0 saturated heterocycles. The van der Waals surface area contributed by atoms with Crippen LogP contribution in [0.4, 0.5) is 0 Å². The van der Waals surface area contributed by atoms with E-state index in [-0.39, 0.29) is 5.56 Å². The van der Waals surface area contributed by atoms with Gasteiger partial charge in [0.25, 0.3) is 5.56 Å². The van der Waals surface area contributed by atoms with Gasteiger partial charge in [-0.05, 0) is 30.9 Å². The lowest BCUT2D eigenvalue weighted by atomic mass is 10.3. The fourth-order valence-electron chi connectivity index (χ4n) is 2.32. The fraction of sp³-hybridized carbons (Fsp3) is 0.333. The number of thiophene rings is 1. The minimum Gasteiger partial charge on any atom is -0.315 e. The molecule has 3 rings (SSSR count). The van der Waals surface area contributed by atoms with E-state index in [0.29, 0.717) is 12.1 Å². The summed E-state index contributed by atoms with van der Waals surface area (Å²) >= 11 is 1.78. The van der Waals surface area contributed by atoms with Crippen LogP contribution in [0.25, 0.3) is 5.52 Å². The van der Waals surface area contributed by atoms with Crippen LogP contribution in [-0.4, -0.2) is 27.3 Å². The minimum atomic E-state index is 0.0122. The van der Waals surface area contributed by atoms with Crippen LogP contribution in [0.3, 0.4) is 0 Å². The Morgan fingerprint density at radius 1 is 1.33 bits per heavy atom. The zero-order chi connectivity index (χ0) is 14.7. The fourth-order valence-corrected chi connectivity index (χ4v) is 3.02. The second-order valence-corrected chi connectivity index (χ2v) is 6.02. The van der Waals surface area contributed by atoms with Crippen molar-refractivity contribution in [1.29, 1.82) is 0 Å². The third-order valence-electron chi connectivity index (χ3n) is 3.38. The maximum Gasteiger partial charge on any atom is 0.276 e. The summed E-state index contributed by atoms with van der Waals surface area (Å²) < 4.78 is 3.37. The Kier molecular flexibility index (Phi) is 4.17. The van der Waals surface area contributed by atoms with E-state index >= 15 is 0 Å². The summed E-state index contributed by atoms with van der Waals surface area (Å²) in [6.45, 7) is 4.28. The molecule has 0 aliphatic carbocycles. The number of hydrogen-bond donors (Lipinski definition) is 1. The zero-order valence-electron chi connectivity index (χ0n) is 12.0. The molecule has 3 heterocycles. The van der Waals surface area contributed by atoms with Crippen LogP contribution in [0, 0.1) is 6.92 Å². The van der Waals surface area contributed by atoms with E-state index in [4.69, 9.17) is 0 Å². The van der Waals surface area contributed by atoms with E-state index in [2.05, 4.69) is 27.9 Å². The summed E-state index contributed by atoms with van der Waals surface area (Å²) in [5.74, 6) is 0. The van der Waals surface area contributed by atoms with Crippen molar-refractivity contribution >= 4 is 16.9 Å². The molecule has 0 aromatic carbocycles. The highest BCUT2D eigenvalue weighted by molar-refractivity contribution is 7.09. The Hall–Kier alpha value is -1.92. The maximum atomic E-state index is 12.3. The average Bonchev–Trinajstić information content (AvgIpc) is 3.10. The molecule has 0 aliphatic rings. The Morgan fingerprint density at radius 2 is 2.24 bits per heavy atom. The van der Waals surface area contributed by atoms with Crippen LogP contribution in [0.5, 0.6) is 0 Å². The number of aromatic nitrogens is 3. The number of fused-ring (bicyclic) bond motifs is 1. The van der Waals surface area contributed by atoms with E-state index < -0.39 is 0 Å². The molecule has 6 heteroatoms. The minimum absolute atomic E-state index is 0.0122. The van der Waals surface area contributed by atoms with Gasteiger partial charge < -0.3 is 9.88 Å². The molecule has 0 fully saturated rings. The quantitative estimate of drug-likeness (QED) is 0.705. The lowest BCUT2D eigenvalue weighted by Crippen LogP contribution is -2.28. The van der Waals surface area contributed by atoms with Gasteiger partial charge in [-0.1, -0.05) is 6.07 Å². The average molecular weight is 302 g/mol. The molecule has 0 radical (unpaired) electrons. The highest BCUT2D eigenvalue weighted by Gasteiger charge is 2.04. The maximum absolute atomic E-state index is 12.3. The molecule has 0 amide bonds. The Labute approximate surface area is 126 Å². The van der Waals surface area contributed by atoms with E-state index in [1.54, 1.807) is 26.6 Å². The molecule has 21 heavy (non-hydrogen) atoms. The zero-order valence-corrected chi connectivity index (χ0v) is 12.8. The first-order valence-electron chi connectivity index (χ1n) is 7.02. The van der Waals surface area contributed by atoms with Gasteiger partial charge in [-0.25, -0.2) is 4.52 Å². The first-order chi connectivity index (χ1) is 10.2. The topological polar surface area (TPSA) is 51.3 Å². The molecular weight excluding hydrogens is 284 g/mol. The van der Waals surface area contributed by atoms with E-state index in [1.165, 1.54) is 4.88 Å². The molecule has 0 aliphatic heterocycles. The van der Waals surface area contributed by atoms with Gasteiger partial charge in [0.2, 0.25) is 0 Å². The third kappa shape index (κ3) is 3.22. The SMILES string of the molecule is Cc1cc2c(=O)n(CCNCCc3cccs3)ccn2n1. The predicted molar refractivity (Wildman–Crippen MR) is 85.1 cm³/mol. The van der Waals surface area contributed by atoms with Gasteiger partial charge in [-0.2, -0.15) is 5.10 Å². The normalized spacial score (nSPS) is 11.3. The summed E-state index contributed by atoms with van der Waals surface area (Å²) in [7, 11) is 0. The van der Waals surface area contributed by atoms with E-state index in [0.717, 1.165) is 25.2 Å². The van der Waals surface area contributed by atoms with Gasteiger partial charge in [0.15, 0.2) is 0 Å². The van der Waals surface area contributed by atoms with Crippen LogP contribution in [-0.2, 0) is 13.0 Å². The highest BCUT2D eigenvalue weighted by Crippen LogP contribution is 2.07. The number of nitrogens with zero attached hydrogens (tertiary/aromatic N) is 3. The summed E-state index contributed by atoms with van der Waals surface area (Å²) in [4.78, 5) is 13.7. The van der Waals surface area contributed by atoms with Gasteiger partial charge in [0, 0.05) is 36.9 Å². The summed E-state index contributed by atoms with van der Waals surface area (Å²) in [6.07, 6.45) is 4.66. The summed E-state index contributed by atoms with van der Waals surface area (Å²) in [5.41, 5.74) is 1.51. The van der Waals surface area contributed by atoms with Crippen LogP contribution >= 0.6 is 11.3 Å². The number of aryl methyl sites for hydroxylation is 1. The van der Waals surface area contributed by atoms with Gasteiger partial charge in [0.1, 0.15) is 5.52 Å². The van der Waals surface area contributed by atoms with Crippen molar-refractivity contribution in [2.45, 2.75) is 19.9 Å². The molecule has 0 saturated carbocycles. The first-order valence-corrected chi connectivity index (χ1v) is 7.90. The van der Waals surface area contributed by atoms with Crippen LogP contribution < -0.4 is 10.9 Å². The molecule has 3 aromatic rings. The summed E-state index contributed by atoms with van der Waals surface area (Å²) in [5, 5.41) is 9.71. The van der Waals surface area contributed by atoms with Gasteiger partial charge in [-0.15, -0.1) is 11.3 Å². The highest BCUT2D eigenvalue weighted by atomic mass is 32.1. The monoisotopic (exact) mass is 302 g/mol. The van der Waals surface area contributed by atoms with Crippen molar-refractivity contribution in [2.24, 2.45) is 0 Å². The van der Waals surface area contributed by atoms with E-state index in [9.17, 15) is 4.79 Å². The molecule has 3 aromatic heterocycles. The molecule has 110 valence electrons. The largest absolute Gasteiger partial charge is 0.315 e.